The molecule has 20 nitrogen and oxygen atoms in total. The Bertz CT molecular complexity index is 2010. The Balaban J connectivity index is 1.12. The maximum absolute atomic E-state index is 13.4. The second kappa shape index (κ2) is 10.2. The Morgan fingerprint density at radius 3 is 2.78 bits per heavy atom. The molecule has 0 aromatic carbocycles. The molecule has 7 heterocycles. The normalized spacial score (nSPS) is 40.0. The quantitative estimate of drug-likeness (QED) is 0.145. The van der Waals surface area contributed by atoms with Gasteiger partial charge in [-0.2, -0.15) is 9.36 Å². The Kier molecular flexibility index (Phi) is 6.77. The van der Waals surface area contributed by atoms with Crippen molar-refractivity contribution in [2.24, 2.45) is 5.92 Å². The number of rotatable bonds is 2. The number of nitrogen functional groups attached to an aromatic ring is 2. The van der Waals surface area contributed by atoms with Crippen molar-refractivity contribution in [3.63, 3.8) is 0 Å². The molecule has 10 atom stereocenters. The van der Waals surface area contributed by atoms with Crippen LogP contribution in [0.15, 0.2) is 17.4 Å². The maximum atomic E-state index is 13.4. The highest BCUT2D eigenvalue weighted by Crippen LogP contribution is 2.65. The van der Waals surface area contributed by atoms with Gasteiger partial charge in [0.2, 0.25) is 5.95 Å². The van der Waals surface area contributed by atoms with Crippen LogP contribution in [0.5, 0.6) is 0 Å². The van der Waals surface area contributed by atoms with E-state index in [4.69, 9.17) is 50.8 Å². The van der Waals surface area contributed by atoms with E-state index in [1.165, 1.54) is 17.2 Å². The molecule has 8 rings (SSSR count). The number of fused-ring (bicyclic) bond motifs is 3. The van der Waals surface area contributed by atoms with E-state index in [1.807, 2.05) is 0 Å². The molecule has 4 aliphatic rings. The van der Waals surface area contributed by atoms with Crippen molar-refractivity contribution in [3.05, 3.63) is 27.9 Å². The van der Waals surface area contributed by atoms with Crippen molar-refractivity contribution < 1.29 is 47.0 Å². The molecule has 3 aliphatic heterocycles. The first-order valence-corrected chi connectivity index (χ1v) is 18.1. The maximum Gasteiger partial charge on any atom is 0.472 e. The van der Waals surface area contributed by atoms with Crippen molar-refractivity contribution >= 4 is 71.8 Å². The van der Waals surface area contributed by atoms with Crippen LogP contribution in [0.3, 0.4) is 0 Å². The number of anilines is 2. The molecule has 0 amide bonds. The Morgan fingerprint density at radius 2 is 1.96 bits per heavy atom. The highest BCUT2D eigenvalue weighted by Gasteiger charge is 2.70. The number of aliphatic hydroxyl groups is 1. The van der Waals surface area contributed by atoms with Gasteiger partial charge in [-0.15, -0.1) is 0 Å². The molecule has 1 aliphatic carbocycles. The number of imidazole rings is 1. The second-order valence-corrected chi connectivity index (χ2v) is 15.9. The third-order valence-corrected chi connectivity index (χ3v) is 11.6. The van der Waals surface area contributed by atoms with Crippen LogP contribution < -0.4 is 17.0 Å². The number of phosphoric ester groups is 1. The van der Waals surface area contributed by atoms with Gasteiger partial charge in [-0.05, 0) is 29.8 Å². The molecule has 2 unspecified atom stereocenters. The van der Waals surface area contributed by atoms with Crippen LogP contribution in [0, 0.1) is 5.92 Å². The number of ether oxygens (including phenoxy) is 2. The number of nitrogens with two attached hydrogens (primary N) is 2. The summed E-state index contributed by atoms with van der Waals surface area (Å²) in [6.45, 7) is -5.03. The Morgan fingerprint density at radius 1 is 1.13 bits per heavy atom. The zero-order chi connectivity index (χ0) is 31.5. The minimum Gasteiger partial charge on any atom is -0.387 e. The highest BCUT2D eigenvalue weighted by atomic mass is 32.5. The lowest BCUT2D eigenvalue weighted by Gasteiger charge is -2.29. The summed E-state index contributed by atoms with van der Waals surface area (Å²) in [5.74, 6) is -0.588. The molecule has 24 heteroatoms. The number of aromatic nitrogens is 7. The second-order valence-electron chi connectivity index (χ2n) is 10.9. The fourth-order valence-electron chi connectivity index (χ4n) is 5.97. The molecule has 8 N–H and O–H groups in total. The number of hydrogen-bond donors (Lipinski definition) is 6. The van der Waals surface area contributed by atoms with Crippen LogP contribution in [-0.4, -0.2) is 92.0 Å². The molecule has 0 spiro atoms. The average Bonchev–Trinajstić information content (AvgIpc) is 3.31. The molecular weight excluding hydrogens is 680 g/mol. The van der Waals surface area contributed by atoms with Crippen molar-refractivity contribution in [1.29, 1.82) is 0 Å². The van der Waals surface area contributed by atoms with Crippen molar-refractivity contribution in [2.75, 3.05) is 24.7 Å². The number of aliphatic hydroxyl groups excluding tert-OH is 1. The number of nitrogens with one attached hydrogen (secondary N) is 1. The summed E-state index contributed by atoms with van der Waals surface area (Å²) in [6, 6.07) is 0. The standard InChI is InChI=1S/C21H23N9O11P2S2/c22-16-9-8(24-4-25-16)15(45-29-9)14-11(31)13-7(38-14)2-36-42(33,34)40-12-6-1-21(6,3-37-43(35,44)41-13)39-19(12)30-5-26-10-17(30)27-20(23)28-18(10)32/h4-7,11-14,19,31H,1-3H2,(H,33,34)(H,35,44)(H2,22,24,25)(H3,23,27,28,32)/t6-,7+,11+,12+,13+,14+,19+,21+,43?/m0/s1. The number of phosphoric acid groups is 1. The van der Waals surface area contributed by atoms with E-state index < -0.39 is 75.0 Å². The zero-order valence-electron chi connectivity index (χ0n) is 22.5. The van der Waals surface area contributed by atoms with Gasteiger partial charge in [-0.25, -0.2) is 19.5 Å². The summed E-state index contributed by atoms with van der Waals surface area (Å²) in [7, 11) is -4.87. The van der Waals surface area contributed by atoms with Gasteiger partial charge < -0.3 is 40.4 Å². The number of nitrogens with zero attached hydrogens (tertiary/aromatic N) is 6. The van der Waals surface area contributed by atoms with Crippen molar-refractivity contribution in [3.8, 4) is 0 Å². The number of hydrogen-bond acceptors (Lipinski definition) is 18. The van der Waals surface area contributed by atoms with Crippen LogP contribution in [0.2, 0.25) is 0 Å². The summed E-state index contributed by atoms with van der Waals surface area (Å²) in [5, 5.41) is 11.3. The molecule has 3 saturated heterocycles. The molecule has 45 heavy (non-hydrogen) atoms. The van der Waals surface area contributed by atoms with E-state index in [1.54, 1.807) is 0 Å². The lowest BCUT2D eigenvalue weighted by atomic mass is 10.1. The molecule has 4 aromatic rings. The minimum absolute atomic E-state index is 0.0440. The van der Waals surface area contributed by atoms with Crippen molar-refractivity contribution in [2.45, 2.75) is 48.8 Å². The monoisotopic (exact) mass is 703 g/mol. The Labute approximate surface area is 259 Å². The lowest BCUT2D eigenvalue weighted by molar-refractivity contribution is -0.0921. The SMILES string of the molecule is Nc1nc2c(ncn2[C@@H]2O[C@]34COP(O)(=S)O[C@H]5[C@@H](O)[C@H](c6snc7c(N)ncnc67)O[C@@H]5COP(=O)(O)O[C@@H]2[C@@H]3C4)c(=O)[nH]1. The largest absolute Gasteiger partial charge is 0.472 e. The summed E-state index contributed by atoms with van der Waals surface area (Å²) in [4.78, 5) is 53.3. The van der Waals surface area contributed by atoms with Gasteiger partial charge in [-0.1, -0.05) is 0 Å². The van der Waals surface area contributed by atoms with Crippen LogP contribution in [-0.2, 0) is 43.9 Å². The third kappa shape index (κ3) is 4.92. The molecular formula is C21H23N9O11P2S2. The first-order valence-electron chi connectivity index (χ1n) is 13.3. The van der Waals surface area contributed by atoms with E-state index in [2.05, 4.69) is 29.3 Å². The van der Waals surface area contributed by atoms with E-state index in [0.717, 1.165) is 11.5 Å². The fourth-order valence-corrected chi connectivity index (χ4v) is 9.30. The average molecular weight is 704 g/mol. The summed E-state index contributed by atoms with van der Waals surface area (Å²) < 4.78 is 53.7. The molecule has 0 radical (unpaired) electrons. The first kappa shape index (κ1) is 29.8. The third-order valence-electron chi connectivity index (χ3n) is 8.14. The molecule has 4 fully saturated rings. The van der Waals surface area contributed by atoms with Crippen LogP contribution in [0.4, 0.5) is 11.8 Å². The topological polar surface area (TPSA) is 287 Å². The Hall–Kier alpha value is -2.56. The van der Waals surface area contributed by atoms with Gasteiger partial charge in [0.25, 0.3) is 5.56 Å². The number of H-pyrrole nitrogens is 1. The smallest absolute Gasteiger partial charge is 0.387 e. The zero-order valence-corrected chi connectivity index (χ0v) is 25.9. The summed E-state index contributed by atoms with van der Waals surface area (Å²) >= 11 is 6.25. The van der Waals surface area contributed by atoms with Gasteiger partial charge in [0.1, 0.15) is 53.5 Å². The number of aromatic amines is 1. The van der Waals surface area contributed by atoms with Crippen LogP contribution >= 0.6 is 26.1 Å². The van der Waals surface area contributed by atoms with Gasteiger partial charge in [0.15, 0.2) is 23.2 Å². The summed E-state index contributed by atoms with van der Waals surface area (Å²) in [5.41, 5.74) is 10.5. The van der Waals surface area contributed by atoms with E-state index in [0.29, 0.717) is 22.3 Å². The van der Waals surface area contributed by atoms with Crippen LogP contribution in [0.25, 0.3) is 22.2 Å². The fraction of sp³-hybridized carbons (Fsp3) is 0.524. The molecule has 240 valence electrons. The van der Waals surface area contributed by atoms with Gasteiger partial charge in [0, 0.05) is 5.92 Å². The lowest BCUT2D eigenvalue weighted by Crippen LogP contribution is -2.36. The van der Waals surface area contributed by atoms with Crippen molar-refractivity contribution in [1.82, 2.24) is 33.9 Å². The van der Waals surface area contributed by atoms with Gasteiger partial charge in [0.05, 0.1) is 24.4 Å². The predicted molar refractivity (Wildman–Crippen MR) is 155 cm³/mol. The van der Waals surface area contributed by atoms with Gasteiger partial charge >= 0.3 is 14.5 Å². The van der Waals surface area contributed by atoms with E-state index in [9.17, 15) is 24.3 Å². The minimum atomic E-state index is -4.87. The predicted octanol–water partition coefficient (Wildman–Crippen LogP) is -0.393. The summed E-state index contributed by atoms with van der Waals surface area (Å²) in [6.07, 6.45) is -4.67. The molecule has 2 bridgehead atoms. The van der Waals surface area contributed by atoms with E-state index >= 15 is 0 Å². The van der Waals surface area contributed by atoms with Crippen LogP contribution in [0.1, 0.15) is 23.6 Å². The van der Waals surface area contributed by atoms with E-state index in [-0.39, 0.29) is 29.5 Å². The first-order chi connectivity index (χ1) is 21.3. The highest BCUT2D eigenvalue weighted by molar-refractivity contribution is 8.07. The molecule has 1 saturated carbocycles. The molecule has 4 aromatic heterocycles. The van der Waals surface area contributed by atoms with Gasteiger partial charge in [-0.3, -0.25) is 27.9 Å².